The van der Waals surface area contributed by atoms with E-state index in [-0.39, 0.29) is 0 Å². The Kier molecular flexibility index (Phi) is 6.21. The van der Waals surface area contributed by atoms with Crippen molar-refractivity contribution in [3.8, 4) is 0 Å². The molecule has 0 amide bonds. The molecule has 0 saturated carbocycles. The van der Waals surface area contributed by atoms with Crippen LogP contribution in [0, 0.1) is 6.92 Å². The van der Waals surface area contributed by atoms with Gasteiger partial charge in [0, 0.05) is 9.42 Å². The Balaban J connectivity index is 3.01. The maximum atomic E-state index is 12.8. The summed E-state index contributed by atoms with van der Waals surface area (Å²) in [4.78, 5) is 0.941. The highest BCUT2D eigenvalue weighted by molar-refractivity contribution is 7.91. The van der Waals surface area contributed by atoms with Crippen molar-refractivity contribution >= 4 is 18.9 Å². The van der Waals surface area contributed by atoms with Gasteiger partial charge in [-0.1, -0.05) is 63.2 Å². The highest BCUT2D eigenvalue weighted by atomic mass is 32.2. The Morgan fingerprint density at radius 2 is 1.79 bits per heavy atom. The Labute approximate surface area is 121 Å². The summed E-state index contributed by atoms with van der Waals surface area (Å²) in [6.45, 7) is 11.1. The second kappa shape index (κ2) is 7.20. The van der Waals surface area contributed by atoms with E-state index in [4.69, 9.17) is 0 Å². The Hall–Kier alpha value is -0.673. The number of hydrogen-bond acceptors (Lipinski definition) is 1. The molecule has 0 spiro atoms. The third-order valence-corrected chi connectivity index (χ3v) is 8.40. The highest BCUT2D eigenvalue weighted by Crippen LogP contribution is 2.25. The average Bonchev–Trinajstić information content (AvgIpc) is 2.33. The van der Waals surface area contributed by atoms with Crippen LogP contribution in [0.5, 0.6) is 0 Å². The van der Waals surface area contributed by atoms with Crippen LogP contribution in [0.15, 0.2) is 39.8 Å². The van der Waals surface area contributed by atoms with Crippen LogP contribution >= 0.6 is 0 Å². The summed E-state index contributed by atoms with van der Waals surface area (Å²) in [6.07, 6.45) is 5.66. The van der Waals surface area contributed by atoms with Crippen molar-refractivity contribution in [1.29, 1.82) is 0 Å². The van der Waals surface area contributed by atoms with E-state index in [2.05, 4.69) is 39.6 Å². The van der Waals surface area contributed by atoms with Gasteiger partial charge in [-0.2, -0.15) is 0 Å². The van der Waals surface area contributed by atoms with E-state index in [0.29, 0.717) is 0 Å². The van der Waals surface area contributed by atoms with Gasteiger partial charge in [0.15, 0.2) is 0 Å². The van der Waals surface area contributed by atoms with Gasteiger partial charge in [-0.3, -0.25) is 0 Å². The molecule has 0 fully saturated rings. The van der Waals surface area contributed by atoms with Gasteiger partial charge in [0.1, 0.15) is 0 Å². The van der Waals surface area contributed by atoms with Gasteiger partial charge in [-0.15, -0.1) is 0 Å². The zero-order valence-corrected chi connectivity index (χ0v) is 14.6. The molecular weight excluding hydrogens is 268 g/mol. The maximum absolute atomic E-state index is 12.8. The smallest absolute Gasteiger partial charge is 0.0891 e. The molecule has 1 aromatic rings. The zero-order chi connectivity index (χ0) is 14.5. The summed E-state index contributed by atoms with van der Waals surface area (Å²) < 4.78 is 14.0. The van der Waals surface area contributed by atoms with E-state index in [1.165, 1.54) is 22.9 Å². The molecule has 106 valence electrons. The summed E-state index contributed by atoms with van der Waals surface area (Å²) in [5.74, 6) is 0. The molecule has 19 heavy (non-hydrogen) atoms. The normalized spacial score (nSPS) is 14.5. The van der Waals surface area contributed by atoms with Gasteiger partial charge in [0.2, 0.25) is 0 Å². The SMILES string of the molecule is CCCC/C=C(/S(=O)c1ccc(C)cc1)[Si](C)(C)C. The highest BCUT2D eigenvalue weighted by Gasteiger charge is 2.25. The summed E-state index contributed by atoms with van der Waals surface area (Å²) >= 11 is 0. The fourth-order valence-electron chi connectivity index (χ4n) is 1.89. The molecule has 1 nitrogen and oxygen atoms in total. The van der Waals surface area contributed by atoms with E-state index >= 15 is 0 Å². The molecule has 3 heteroatoms. The molecule has 1 unspecified atom stereocenters. The summed E-state index contributed by atoms with van der Waals surface area (Å²) in [5, 5.41) is 0. The van der Waals surface area contributed by atoms with Crippen LogP contribution < -0.4 is 0 Å². The second-order valence-corrected chi connectivity index (χ2v) is 12.9. The molecule has 1 rings (SSSR count). The summed E-state index contributed by atoms with van der Waals surface area (Å²) in [5.41, 5.74) is 1.21. The molecule has 1 aromatic carbocycles. The minimum atomic E-state index is -1.54. The number of benzene rings is 1. The van der Waals surface area contributed by atoms with Crippen molar-refractivity contribution < 1.29 is 4.21 Å². The molecule has 0 bridgehead atoms. The van der Waals surface area contributed by atoms with E-state index in [1.54, 1.807) is 0 Å². The van der Waals surface area contributed by atoms with Gasteiger partial charge in [-0.05, 0) is 25.5 Å². The van der Waals surface area contributed by atoms with Crippen molar-refractivity contribution in [2.45, 2.75) is 57.6 Å². The standard InChI is InChI=1S/C16H26OSSi/c1-6-7-8-9-16(19(3,4)5)18(17)15-12-10-14(2)11-13-15/h9-13H,6-8H2,1-5H3/b16-9-. The predicted octanol–water partition coefficient (Wildman–Crippen LogP) is 5.05. The minimum absolute atomic E-state index is 0.941. The average molecular weight is 295 g/mol. The molecule has 1 atom stereocenters. The molecule has 0 radical (unpaired) electrons. The van der Waals surface area contributed by atoms with E-state index in [9.17, 15) is 4.21 Å². The Morgan fingerprint density at radius 1 is 1.21 bits per heavy atom. The Morgan fingerprint density at radius 3 is 2.26 bits per heavy atom. The lowest BCUT2D eigenvalue weighted by Crippen LogP contribution is -2.27. The van der Waals surface area contributed by atoms with Crippen molar-refractivity contribution in [2.24, 2.45) is 0 Å². The fourth-order valence-corrected chi connectivity index (χ4v) is 6.13. The first kappa shape index (κ1) is 16.4. The first-order chi connectivity index (χ1) is 8.86. The molecular formula is C16H26OSSi. The third kappa shape index (κ3) is 5.07. The van der Waals surface area contributed by atoms with Crippen molar-refractivity contribution in [1.82, 2.24) is 0 Å². The van der Waals surface area contributed by atoms with Crippen molar-refractivity contribution in [2.75, 3.05) is 0 Å². The van der Waals surface area contributed by atoms with Gasteiger partial charge in [0.05, 0.1) is 18.9 Å². The molecule has 0 aromatic heterocycles. The van der Waals surface area contributed by atoms with Crippen molar-refractivity contribution in [3.05, 3.63) is 40.4 Å². The van der Waals surface area contributed by atoms with Gasteiger partial charge < -0.3 is 0 Å². The molecule has 0 aliphatic heterocycles. The quantitative estimate of drug-likeness (QED) is 0.530. The number of unbranched alkanes of at least 4 members (excludes halogenated alkanes) is 2. The van der Waals surface area contributed by atoms with Gasteiger partial charge in [0.25, 0.3) is 0 Å². The number of allylic oxidation sites excluding steroid dienone is 1. The second-order valence-electron chi connectivity index (χ2n) is 6.04. The van der Waals surface area contributed by atoms with Gasteiger partial charge >= 0.3 is 0 Å². The molecule has 0 N–H and O–H groups in total. The topological polar surface area (TPSA) is 17.1 Å². The summed E-state index contributed by atoms with van der Waals surface area (Å²) in [7, 11) is -2.51. The zero-order valence-electron chi connectivity index (χ0n) is 12.8. The third-order valence-electron chi connectivity index (χ3n) is 3.06. The molecule has 0 aliphatic carbocycles. The number of hydrogen-bond donors (Lipinski definition) is 0. The lowest BCUT2D eigenvalue weighted by molar-refractivity contribution is 0.687. The predicted molar refractivity (Wildman–Crippen MR) is 88.5 cm³/mol. The first-order valence-electron chi connectivity index (χ1n) is 7.05. The largest absolute Gasteiger partial charge is 0.250 e. The van der Waals surface area contributed by atoms with E-state index in [0.717, 1.165) is 11.3 Å². The van der Waals surface area contributed by atoms with Crippen molar-refractivity contribution in [3.63, 3.8) is 0 Å². The van der Waals surface area contributed by atoms with Crippen LogP contribution in [0.25, 0.3) is 0 Å². The monoisotopic (exact) mass is 294 g/mol. The minimum Gasteiger partial charge on any atom is -0.250 e. The van der Waals surface area contributed by atoms with Crippen LogP contribution in [0.1, 0.15) is 31.7 Å². The van der Waals surface area contributed by atoms with Crippen LogP contribution in [0.3, 0.4) is 0 Å². The summed E-state index contributed by atoms with van der Waals surface area (Å²) in [6, 6.07) is 8.08. The maximum Gasteiger partial charge on any atom is 0.0891 e. The van der Waals surface area contributed by atoms with Crippen LogP contribution in [-0.4, -0.2) is 12.3 Å². The first-order valence-corrected chi connectivity index (χ1v) is 11.7. The fraction of sp³-hybridized carbons (Fsp3) is 0.500. The van der Waals surface area contributed by atoms with Crippen LogP contribution in [-0.2, 0) is 10.8 Å². The Bertz CT molecular complexity index is 455. The van der Waals surface area contributed by atoms with Crippen LogP contribution in [0.4, 0.5) is 0 Å². The lowest BCUT2D eigenvalue weighted by Gasteiger charge is -2.20. The number of aryl methyl sites for hydroxylation is 1. The number of rotatable bonds is 6. The molecule has 0 aliphatic rings. The van der Waals surface area contributed by atoms with E-state index in [1.807, 2.05) is 24.3 Å². The molecule has 0 saturated heterocycles. The van der Waals surface area contributed by atoms with Gasteiger partial charge in [-0.25, -0.2) is 4.21 Å². The molecule has 0 heterocycles. The van der Waals surface area contributed by atoms with Crippen LogP contribution in [0.2, 0.25) is 19.6 Å². The lowest BCUT2D eigenvalue weighted by atomic mass is 10.2. The van der Waals surface area contributed by atoms with E-state index < -0.39 is 18.9 Å².